The van der Waals surface area contributed by atoms with Crippen molar-refractivity contribution in [1.82, 2.24) is 4.90 Å². The number of rotatable bonds is 8. The number of primary amides is 1. The summed E-state index contributed by atoms with van der Waals surface area (Å²) in [5, 5.41) is 0. The molecule has 0 atom stereocenters. The van der Waals surface area contributed by atoms with Gasteiger partial charge in [-0.3, -0.25) is 9.69 Å². The molecule has 37 heavy (non-hydrogen) atoms. The first-order valence-electron chi connectivity index (χ1n) is 13.4. The summed E-state index contributed by atoms with van der Waals surface area (Å²) in [4.78, 5) is 28.5. The van der Waals surface area contributed by atoms with Crippen molar-refractivity contribution >= 4 is 11.9 Å². The molecule has 0 unspecified atom stereocenters. The SMILES string of the molecule is NC(=O)C1(OC(=O)c2ccc(Cc3ccccc3)o2)CCC(Cc2ccccc2)(N2CCCCC2)CC1. The van der Waals surface area contributed by atoms with Gasteiger partial charge in [0.05, 0.1) is 0 Å². The number of hydrogen-bond acceptors (Lipinski definition) is 5. The van der Waals surface area contributed by atoms with Gasteiger partial charge in [0.1, 0.15) is 5.76 Å². The fourth-order valence-corrected chi connectivity index (χ4v) is 6.07. The number of nitrogens with zero attached hydrogens (tertiary/aromatic N) is 1. The molecule has 2 heterocycles. The van der Waals surface area contributed by atoms with Crippen LogP contribution in [0.5, 0.6) is 0 Å². The summed E-state index contributed by atoms with van der Waals surface area (Å²) in [7, 11) is 0. The van der Waals surface area contributed by atoms with Crippen LogP contribution < -0.4 is 5.73 Å². The minimum Gasteiger partial charge on any atom is -0.454 e. The monoisotopic (exact) mass is 500 g/mol. The first kappa shape index (κ1) is 25.3. The van der Waals surface area contributed by atoms with E-state index in [0.717, 1.165) is 37.9 Å². The fraction of sp³-hybridized carbons (Fsp3) is 0.419. The molecular formula is C31H36N2O4. The molecular weight excluding hydrogens is 464 g/mol. The van der Waals surface area contributed by atoms with Crippen LogP contribution in [0.3, 0.4) is 0 Å². The molecule has 2 fully saturated rings. The third kappa shape index (κ3) is 5.64. The number of benzene rings is 2. The van der Waals surface area contributed by atoms with Crippen LogP contribution in [0.15, 0.2) is 77.2 Å². The average molecular weight is 501 g/mol. The lowest BCUT2D eigenvalue weighted by molar-refractivity contribution is -0.145. The van der Waals surface area contributed by atoms with Crippen LogP contribution in [0.4, 0.5) is 0 Å². The summed E-state index contributed by atoms with van der Waals surface area (Å²) in [6.45, 7) is 2.12. The van der Waals surface area contributed by atoms with E-state index in [-0.39, 0.29) is 11.3 Å². The van der Waals surface area contributed by atoms with Gasteiger partial charge in [-0.1, -0.05) is 67.1 Å². The lowest BCUT2D eigenvalue weighted by Crippen LogP contribution is -2.60. The number of ether oxygens (including phenoxy) is 1. The van der Waals surface area contributed by atoms with Gasteiger partial charge in [-0.15, -0.1) is 0 Å². The standard InChI is InChI=1S/C31H36N2O4/c32-29(35)31(37-28(34)27-15-14-26(36-27)22-24-10-4-1-5-11-24)18-16-30(17-19-31,33-20-8-3-9-21-33)23-25-12-6-2-7-13-25/h1-2,4-7,10-15H,3,8-9,16-23H2,(H2,32,35). The molecule has 1 amide bonds. The summed E-state index contributed by atoms with van der Waals surface area (Å²) in [6, 6.07) is 23.8. The summed E-state index contributed by atoms with van der Waals surface area (Å²) in [5.41, 5.74) is 6.88. The molecule has 1 aliphatic carbocycles. The molecule has 6 nitrogen and oxygen atoms in total. The zero-order valence-corrected chi connectivity index (χ0v) is 21.4. The summed E-state index contributed by atoms with van der Waals surface area (Å²) < 4.78 is 11.7. The minimum atomic E-state index is -1.32. The molecule has 1 aromatic heterocycles. The van der Waals surface area contributed by atoms with Crippen LogP contribution in [0, 0.1) is 0 Å². The van der Waals surface area contributed by atoms with Crippen LogP contribution in [-0.2, 0) is 22.4 Å². The lowest BCUT2D eigenvalue weighted by Gasteiger charge is -2.51. The number of carbonyl (C=O) groups excluding carboxylic acids is 2. The Morgan fingerprint density at radius 1 is 0.811 bits per heavy atom. The van der Waals surface area contributed by atoms with Crippen molar-refractivity contribution in [3.8, 4) is 0 Å². The molecule has 2 N–H and O–H groups in total. The summed E-state index contributed by atoms with van der Waals surface area (Å²) in [6.07, 6.45) is 7.45. The number of furan rings is 1. The number of hydrogen-bond donors (Lipinski definition) is 1. The smallest absolute Gasteiger partial charge is 0.375 e. The van der Waals surface area contributed by atoms with E-state index in [1.54, 1.807) is 12.1 Å². The lowest BCUT2D eigenvalue weighted by atomic mass is 9.69. The highest BCUT2D eigenvalue weighted by Crippen LogP contribution is 2.44. The second-order valence-corrected chi connectivity index (χ2v) is 10.6. The summed E-state index contributed by atoms with van der Waals surface area (Å²) in [5.74, 6) is -0.443. The van der Waals surface area contributed by atoms with Crippen LogP contribution >= 0.6 is 0 Å². The van der Waals surface area contributed by atoms with Gasteiger partial charge < -0.3 is 14.9 Å². The zero-order valence-electron chi connectivity index (χ0n) is 21.4. The van der Waals surface area contributed by atoms with E-state index >= 15 is 0 Å². The largest absolute Gasteiger partial charge is 0.454 e. The predicted octanol–water partition coefficient (Wildman–Crippen LogP) is 5.29. The molecule has 0 bridgehead atoms. The maximum atomic E-state index is 13.1. The van der Waals surface area contributed by atoms with Gasteiger partial charge in [-0.05, 0) is 81.3 Å². The first-order chi connectivity index (χ1) is 18.0. The Morgan fingerprint density at radius 3 is 2.05 bits per heavy atom. The van der Waals surface area contributed by atoms with Crippen molar-refractivity contribution in [2.45, 2.75) is 68.9 Å². The topological polar surface area (TPSA) is 85.8 Å². The number of carbonyl (C=O) groups is 2. The quantitative estimate of drug-likeness (QED) is 0.425. The van der Waals surface area contributed by atoms with Crippen LogP contribution in [0.1, 0.15) is 72.4 Å². The average Bonchev–Trinajstić information content (AvgIpc) is 3.40. The molecule has 1 saturated carbocycles. The number of piperidine rings is 1. The van der Waals surface area contributed by atoms with Gasteiger partial charge in [-0.2, -0.15) is 0 Å². The Bertz CT molecular complexity index is 1190. The van der Waals surface area contributed by atoms with Crippen molar-refractivity contribution < 1.29 is 18.7 Å². The molecule has 194 valence electrons. The van der Waals surface area contributed by atoms with E-state index in [1.807, 2.05) is 36.4 Å². The van der Waals surface area contributed by atoms with Gasteiger partial charge in [0.15, 0.2) is 5.60 Å². The van der Waals surface area contributed by atoms with Gasteiger partial charge in [0.2, 0.25) is 5.76 Å². The Hall–Kier alpha value is -3.38. The minimum absolute atomic E-state index is 0.0688. The second-order valence-electron chi connectivity index (χ2n) is 10.6. The van der Waals surface area contributed by atoms with Crippen LogP contribution in [-0.4, -0.2) is 41.0 Å². The normalized spacial score (nSPS) is 24.4. The Morgan fingerprint density at radius 2 is 1.43 bits per heavy atom. The van der Waals surface area contributed by atoms with Crippen molar-refractivity contribution in [3.63, 3.8) is 0 Å². The van der Waals surface area contributed by atoms with E-state index in [2.05, 4.69) is 29.2 Å². The first-order valence-corrected chi connectivity index (χ1v) is 13.4. The van der Waals surface area contributed by atoms with E-state index in [1.165, 1.54) is 24.8 Å². The van der Waals surface area contributed by atoms with Gasteiger partial charge in [0.25, 0.3) is 5.91 Å². The summed E-state index contributed by atoms with van der Waals surface area (Å²) >= 11 is 0. The maximum Gasteiger partial charge on any atom is 0.375 e. The maximum absolute atomic E-state index is 13.1. The van der Waals surface area contributed by atoms with Gasteiger partial charge in [-0.25, -0.2) is 4.79 Å². The number of likely N-dealkylation sites (tertiary alicyclic amines) is 1. The molecule has 1 saturated heterocycles. The molecule has 2 aliphatic rings. The van der Waals surface area contributed by atoms with E-state index in [4.69, 9.17) is 14.9 Å². The molecule has 5 rings (SSSR count). The van der Waals surface area contributed by atoms with Crippen molar-refractivity contribution in [2.75, 3.05) is 13.1 Å². The molecule has 1 aliphatic heterocycles. The number of amides is 1. The molecule has 6 heteroatoms. The second kappa shape index (κ2) is 10.9. The highest BCUT2D eigenvalue weighted by molar-refractivity contribution is 5.92. The van der Waals surface area contributed by atoms with Crippen molar-refractivity contribution in [1.29, 1.82) is 0 Å². The molecule has 3 aromatic rings. The fourth-order valence-electron chi connectivity index (χ4n) is 6.07. The Labute approximate surface area is 218 Å². The zero-order chi connectivity index (χ0) is 25.7. The highest BCUT2D eigenvalue weighted by Gasteiger charge is 2.51. The van der Waals surface area contributed by atoms with Gasteiger partial charge >= 0.3 is 5.97 Å². The molecule has 0 spiro atoms. The number of esters is 1. The predicted molar refractivity (Wildman–Crippen MR) is 142 cm³/mol. The van der Waals surface area contributed by atoms with Gasteiger partial charge in [0, 0.05) is 12.0 Å². The molecule has 2 aromatic carbocycles. The van der Waals surface area contributed by atoms with Crippen molar-refractivity contribution in [2.24, 2.45) is 5.73 Å². The molecule has 0 radical (unpaired) electrons. The van der Waals surface area contributed by atoms with E-state index in [9.17, 15) is 9.59 Å². The Balaban J connectivity index is 1.31. The number of nitrogens with two attached hydrogens (primary N) is 1. The highest BCUT2D eigenvalue weighted by atomic mass is 16.6. The third-order valence-corrected chi connectivity index (χ3v) is 8.21. The van der Waals surface area contributed by atoms with E-state index in [0.29, 0.717) is 25.0 Å². The third-order valence-electron chi connectivity index (χ3n) is 8.21. The Kier molecular flexibility index (Phi) is 7.47. The van der Waals surface area contributed by atoms with Crippen LogP contribution in [0.2, 0.25) is 0 Å². The van der Waals surface area contributed by atoms with Crippen LogP contribution in [0.25, 0.3) is 0 Å². The van der Waals surface area contributed by atoms with Crippen molar-refractivity contribution in [3.05, 3.63) is 95.4 Å². The van der Waals surface area contributed by atoms with E-state index < -0.39 is 17.5 Å².